The SMILES string of the molecule is Cl.NC(=O)c1cccc(C(F)F)n1. The zero-order chi connectivity index (χ0) is 9.14. The van der Waals surface area contributed by atoms with Crippen LogP contribution in [0, 0.1) is 0 Å². The number of primary amides is 1. The second-order valence-electron chi connectivity index (χ2n) is 2.11. The van der Waals surface area contributed by atoms with Crippen LogP contribution in [0.1, 0.15) is 22.6 Å². The molecule has 3 nitrogen and oxygen atoms in total. The molecule has 0 saturated carbocycles. The average Bonchev–Trinajstić information content (AvgIpc) is 2.04. The van der Waals surface area contributed by atoms with Crippen LogP contribution >= 0.6 is 12.4 Å². The van der Waals surface area contributed by atoms with Gasteiger partial charge in [0.2, 0.25) is 0 Å². The third-order valence-electron chi connectivity index (χ3n) is 1.25. The first kappa shape index (κ1) is 11.8. The molecule has 0 aliphatic heterocycles. The van der Waals surface area contributed by atoms with E-state index in [0.29, 0.717) is 0 Å². The molecule has 0 radical (unpaired) electrons. The van der Waals surface area contributed by atoms with Gasteiger partial charge < -0.3 is 5.73 Å². The molecule has 0 aliphatic rings. The lowest BCUT2D eigenvalue weighted by atomic mass is 10.3. The first-order chi connectivity index (χ1) is 5.61. The van der Waals surface area contributed by atoms with E-state index in [2.05, 4.69) is 4.98 Å². The van der Waals surface area contributed by atoms with Crippen molar-refractivity contribution in [2.24, 2.45) is 5.73 Å². The van der Waals surface area contributed by atoms with Crippen LogP contribution in [-0.4, -0.2) is 10.9 Å². The highest BCUT2D eigenvalue weighted by molar-refractivity contribution is 5.90. The Hall–Kier alpha value is -1.23. The third-order valence-corrected chi connectivity index (χ3v) is 1.25. The summed E-state index contributed by atoms with van der Waals surface area (Å²) in [7, 11) is 0. The lowest BCUT2D eigenvalue weighted by molar-refractivity contribution is 0.0993. The van der Waals surface area contributed by atoms with E-state index in [1.54, 1.807) is 0 Å². The van der Waals surface area contributed by atoms with Crippen LogP contribution in [0.4, 0.5) is 8.78 Å². The predicted molar refractivity (Wildman–Crippen MR) is 45.0 cm³/mol. The Morgan fingerprint density at radius 3 is 2.54 bits per heavy atom. The molecule has 0 saturated heterocycles. The Kier molecular flexibility index (Phi) is 4.27. The summed E-state index contributed by atoms with van der Waals surface area (Å²) in [5, 5.41) is 0. The molecule has 0 aliphatic carbocycles. The van der Waals surface area contributed by atoms with Gasteiger partial charge in [-0.15, -0.1) is 12.4 Å². The topological polar surface area (TPSA) is 56.0 Å². The van der Waals surface area contributed by atoms with E-state index in [0.717, 1.165) is 6.07 Å². The minimum absolute atomic E-state index is 0. The Morgan fingerprint density at radius 1 is 1.46 bits per heavy atom. The van der Waals surface area contributed by atoms with E-state index >= 15 is 0 Å². The Morgan fingerprint density at radius 2 is 2.08 bits per heavy atom. The largest absolute Gasteiger partial charge is 0.364 e. The van der Waals surface area contributed by atoms with Crippen molar-refractivity contribution in [1.29, 1.82) is 0 Å². The Bertz CT molecular complexity index is 306. The number of nitrogens with two attached hydrogens (primary N) is 1. The number of alkyl halides is 2. The van der Waals surface area contributed by atoms with Gasteiger partial charge in [-0.2, -0.15) is 0 Å². The maximum Gasteiger partial charge on any atom is 0.280 e. The van der Waals surface area contributed by atoms with Gasteiger partial charge in [0, 0.05) is 0 Å². The number of rotatable bonds is 2. The van der Waals surface area contributed by atoms with Gasteiger partial charge in [-0.05, 0) is 12.1 Å². The number of pyridine rings is 1. The summed E-state index contributed by atoms with van der Waals surface area (Å²) in [6.07, 6.45) is -2.68. The van der Waals surface area contributed by atoms with E-state index in [9.17, 15) is 13.6 Å². The molecule has 72 valence electrons. The van der Waals surface area contributed by atoms with Crippen molar-refractivity contribution in [1.82, 2.24) is 4.98 Å². The van der Waals surface area contributed by atoms with Crippen molar-refractivity contribution >= 4 is 18.3 Å². The van der Waals surface area contributed by atoms with Crippen molar-refractivity contribution in [3.63, 3.8) is 0 Å². The van der Waals surface area contributed by atoms with Crippen LogP contribution in [-0.2, 0) is 0 Å². The minimum Gasteiger partial charge on any atom is -0.364 e. The van der Waals surface area contributed by atoms with E-state index in [1.807, 2.05) is 0 Å². The molecule has 0 bridgehead atoms. The molecule has 6 heteroatoms. The number of hydrogen-bond donors (Lipinski definition) is 1. The quantitative estimate of drug-likeness (QED) is 0.802. The molecule has 1 heterocycles. The maximum absolute atomic E-state index is 12.0. The van der Waals surface area contributed by atoms with Crippen molar-refractivity contribution in [3.05, 3.63) is 29.6 Å². The maximum atomic E-state index is 12.0. The predicted octanol–water partition coefficient (Wildman–Crippen LogP) is 1.54. The van der Waals surface area contributed by atoms with E-state index in [-0.39, 0.29) is 18.1 Å². The normalized spacial score (nSPS) is 9.46. The lowest BCUT2D eigenvalue weighted by Crippen LogP contribution is -2.13. The number of carbonyl (C=O) groups is 1. The van der Waals surface area contributed by atoms with Crippen LogP contribution in [0.15, 0.2) is 18.2 Å². The Balaban J connectivity index is 0.00000144. The molecule has 0 unspecified atom stereocenters. The standard InChI is InChI=1S/C7H6F2N2O.ClH/c8-6(9)4-2-1-3-5(11-4)7(10)12;/h1-3,6H,(H2,10,12);1H. The van der Waals surface area contributed by atoms with Crippen molar-refractivity contribution < 1.29 is 13.6 Å². The summed E-state index contributed by atoms with van der Waals surface area (Å²) >= 11 is 0. The molecule has 0 spiro atoms. The number of aromatic nitrogens is 1. The molecule has 1 rings (SSSR count). The fourth-order valence-corrected chi connectivity index (χ4v) is 0.710. The second-order valence-corrected chi connectivity index (χ2v) is 2.11. The van der Waals surface area contributed by atoms with Crippen molar-refractivity contribution in [2.45, 2.75) is 6.43 Å². The van der Waals surface area contributed by atoms with Gasteiger partial charge in [-0.3, -0.25) is 4.79 Å². The summed E-state index contributed by atoms with van der Waals surface area (Å²) in [6, 6.07) is 3.74. The zero-order valence-corrected chi connectivity index (χ0v) is 7.22. The molecular formula is C7H7ClF2N2O. The highest BCUT2D eigenvalue weighted by atomic mass is 35.5. The van der Waals surface area contributed by atoms with E-state index < -0.39 is 18.0 Å². The van der Waals surface area contributed by atoms with Crippen molar-refractivity contribution in [2.75, 3.05) is 0 Å². The molecule has 0 atom stereocenters. The number of carbonyl (C=O) groups excluding carboxylic acids is 1. The lowest BCUT2D eigenvalue weighted by Gasteiger charge is -1.99. The van der Waals surface area contributed by atoms with Crippen LogP contribution in [0.5, 0.6) is 0 Å². The third kappa shape index (κ3) is 2.95. The monoisotopic (exact) mass is 208 g/mol. The fraction of sp³-hybridized carbons (Fsp3) is 0.143. The Labute approximate surface area is 79.4 Å². The van der Waals surface area contributed by atoms with Crippen molar-refractivity contribution in [3.8, 4) is 0 Å². The summed E-state index contributed by atoms with van der Waals surface area (Å²) in [4.78, 5) is 13.8. The number of amides is 1. The molecular weight excluding hydrogens is 202 g/mol. The van der Waals surface area contributed by atoms with Gasteiger partial charge in [0.25, 0.3) is 12.3 Å². The van der Waals surface area contributed by atoms with Crippen LogP contribution in [0.25, 0.3) is 0 Å². The second kappa shape index (κ2) is 4.71. The van der Waals surface area contributed by atoms with Crippen LogP contribution in [0.3, 0.4) is 0 Å². The number of halogens is 3. The zero-order valence-electron chi connectivity index (χ0n) is 6.41. The summed E-state index contributed by atoms with van der Waals surface area (Å²) in [6.45, 7) is 0. The smallest absolute Gasteiger partial charge is 0.280 e. The summed E-state index contributed by atoms with van der Waals surface area (Å²) < 4.78 is 24.0. The van der Waals surface area contributed by atoms with Gasteiger partial charge in [-0.25, -0.2) is 13.8 Å². The molecule has 13 heavy (non-hydrogen) atoms. The van der Waals surface area contributed by atoms with Gasteiger partial charge in [0.1, 0.15) is 11.4 Å². The summed E-state index contributed by atoms with van der Waals surface area (Å²) in [5.74, 6) is -0.808. The highest BCUT2D eigenvalue weighted by Crippen LogP contribution is 2.15. The van der Waals surface area contributed by atoms with Gasteiger partial charge >= 0.3 is 0 Å². The number of nitrogens with zero attached hydrogens (tertiary/aromatic N) is 1. The first-order valence-electron chi connectivity index (χ1n) is 3.16. The average molecular weight is 209 g/mol. The van der Waals surface area contributed by atoms with Crippen LogP contribution in [0.2, 0.25) is 0 Å². The molecule has 1 aromatic rings. The summed E-state index contributed by atoms with van der Waals surface area (Å²) in [5.41, 5.74) is 4.25. The van der Waals surface area contributed by atoms with E-state index in [1.165, 1.54) is 12.1 Å². The molecule has 0 fully saturated rings. The molecule has 2 N–H and O–H groups in total. The minimum atomic E-state index is -2.68. The van der Waals surface area contributed by atoms with Gasteiger partial charge in [-0.1, -0.05) is 6.07 Å². The van der Waals surface area contributed by atoms with Gasteiger partial charge in [0.15, 0.2) is 0 Å². The highest BCUT2D eigenvalue weighted by Gasteiger charge is 2.10. The molecule has 1 aromatic heterocycles. The van der Waals surface area contributed by atoms with E-state index in [4.69, 9.17) is 5.73 Å². The first-order valence-corrected chi connectivity index (χ1v) is 3.16. The molecule has 1 amide bonds. The molecule has 0 aromatic carbocycles. The number of hydrogen-bond acceptors (Lipinski definition) is 2. The van der Waals surface area contributed by atoms with Crippen LogP contribution < -0.4 is 5.73 Å². The van der Waals surface area contributed by atoms with Gasteiger partial charge in [0.05, 0.1) is 0 Å². The fourth-order valence-electron chi connectivity index (χ4n) is 0.710.